The average Bonchev–Trinajstić information content (AvgIpc) is 2.37. The molecule has 0 atom stereocenters. The molecule has 1 aromatic rings. The molecule has 1 aromatic carbocycles. The van der Waals surface area contributed by atoms with Gasteiger partial charge in [-0.05, 0) is 43.4 Å². The van der Waals surface area contributed by atoms with Crippen LogP contribution in [0, 0.1) is 5.41 Å². The average molecular weight is 247 g/mol. The van der Waals surface area contributed by atoms with Crippen molar-refractivity contribution >= 4 is 5.69 Å². The third-order valence-corrected chi connectivity index (χ3v) is 4.45. The van der Waals surface area contributed by atoms with Gasteiger partial charge in [0.15, 0.2) is 0 Å². The third kappa shape index (κ3) is 2.69. The monoisotopic (exact) mass is 247 g/mol. The van der Waals surface area contributed by atoms with Crippen LogP contribution < -0.4 is 4.90 Å². The van der Waals surface area contributed by atoms with E-state index in [4.69, 9.17) is 5.11 Å². The highest BCUT2D eigenvalue weighted by atomic mass is 16.2. The lowest BCUT2D eigenvalue weighted by Gasteiger charge is -2.51. The van der Waals surface area contributed by atoms with Crippen LogP contribution in [0.15, 0.2) is 24.3 Å². The van der Waals surface area contributed by atoms with E-state index < -0.39 is 0 Å². The molecule has 1 fully saturated rings. The van der Waals surface area contributed by atoms with Crippen LogP contribution in [-0.2, 0) is 6.42 Å². The maximum atomic E-state index is 8.89. The van der Waals surface area contributed by atoms with Gasteiger partial charge in [0.2, 0.25) is 0 Å². The van der Waals surface area contributed by atoms with Gasteiger partial charge in [0.05, 0.1) is 0 Å². The normalized spacial score (nSPS) is 17.6. The molecule has 0 bridgehead atoms. The predicted octanol–water partition coefficient (Wildman–Crippen LogP) is 3.24. The minimum atomic E-state index is 0.280. The lowest BCUT2D eigenvalue weighted by Crippen LogP contribution is -2.55. The summed E-state index contributed by atoms with van der Waals surface area (Å²) in [7, 11) is 0. The first kappa shape index (κ1) is 13.4. The molecular weight excluding hydrogens is 222 g/mol. The standard InChI is InChI=1S/C16H25NO/c1-3-16(4-2)12-17(13-16)15-9-5-7-14(11-15)8-6-10-18/h5,7,9,11,18H,3-4,6,8,10,12-13H2,1-2H3. The molecule has 1 N–H and O–H groups in total. The van der Waals surface area contributed by atoms with Gasteiger partial charge < -0.3 is 10.0 Å². The number of aliphatic hydroxyl groups is 1. The van der Waals surface area contributed by atoms with E-state index >= 15 is 0 Å². The molecule has 100 valence electrons. The first-order valence-corrected chi connectivity index (χ1v) is 7.18. The van der Waals surface area contributed by atoms with E-state index in [9.17, 15) is 0 Å². The van der Waals surface area contributed by atoms with Gasteiger partial charge in [-0.3, -0.25) is 0 Å². The molecule has 0 aromatic heterocycles. The van der Waals surface area contributed by atoms with Crippen molar-refractivity contribution in [2.75, 3.05) is 24.6 Å². The van der Waals surface area contributed by atoms with Crippen molar-refractivity contribution in [1.29, 1.82) is 0 Å². The highest BCUT2D eigenvalue weighted by Gasteiger charge is 2.39. The number of rotatable bonds is 6. The van der Waals surface area contributed by atoms with E-state index in [0.29, 0.717) is 5.41 Å². The minimum Gasteiger partial charge on any atom is -0.396 e. The molecule has 1 heterocycles. The number of nitrogens with zero attached hydrogens (tertiary/aromatic N) is 1. The Labute approximate surface area is 111 Å². The zero-order chi connectivity index (χ0) is 13.0. The second kappa shape index (κ2) is 5.75. The van der Waals surface area contributed by atoms with Gasteiger partial charge in [0.1, 0.15) is 0 Å². The minimum absolute atomic E-state index is 0.280. The van der Waals surface area contributed by atoms with Gasteiger partial charge in [-0.2, -0.15) is 0 Å². The maximum absolute atomic E-state index is 8.89. The zero-order valence-electron chi connectivity index (χ0n) is 11.7. The van der Waals surface area contributed by atoms with Crippen molar-refractivity contribution < 1.29 is 5.11 Å². The van der Waals surface area contributed by atoms with Crippen LogP contribution in [0.2, 0.25) is 0 Å². The van der Waals surface area contributed by atoms with Crippen LogP contribution in [0.1, 0.15) is 38.7 Å². The number of aryl methyl sites for hydroxylation is 1. The zero-order valence-corrected chi connectivity index (χ0v) is 11.7. The van der Waals surface area contributed by atoms with Crippen LogP contribution in [0.25, 0.3) is 0 Å². The number of benzene rings is 1. The van der Waals surface area contributed by atoms with Crippen LogP contribution in [-0.4, -0.2) is 24.8 Å². The maximum Gasteiger partial charge on any atom is 0.0434 e. The fraction of sp³-hybridized carbons (Fsp3) is 0.625. The largest absolute Gasteiger partial charge is 0.396 e. The quantitative estimate of drug-likeness (QED) is 0.834. The molecule has 18 heavy (non-hydrogen) atoms. The molecule has 0 amide bonds. The SMILES string of the molecule is CCC1(CC)CN(c2cccc(CCCO)c2)C1. The first-order chi connectivity index (χ1) is 8.73. The summed E-state index contributed by atoms with van der Waals surface area (Å²) in [6, 6.07) is 8.79. The Bertz CT molecular complexity index is 376. The highest BCUT2D eigenvalue weighted by molar-refractivity contribution is 5.51. The van der Waals surface area contributed by atoms with E-state index in [-0.39, 0.29) is 6.61 Å². The fourth-order valence-electron chi connectivity index (χ4n) is 2.84. The number of anilines is 1. The molecule has 0 unspecified atom stereocenters. The Kier molecular flexibility index (Phi) is 4.28. The van der Waals surface area contributed by atoms with Gasteiger partial charge in [0, 0.05) is 30.8 Å². The molecule has 0 aliphatic carbocycles. The molecule has 2 rings (SSSR count). The van der Waals surface area contributed by atoms with E-state index in [0.717, 1.165) is 12.8 Å². The van der Waals surface area contributed by atoms with Gasteiger partial charge in [0.25, 0.3) is 0 Å². The molecule has 0 spiro atoms. The molecule has 0 saturated carbocycles. The second-order valence-electron chi connectivity index (χ2n) is 5.56. The fourth-order valence-corrected chi connectivity index (χ4v) is 2.84. The van der Waals surface area contributed by atoms with Crippen LogP contribution >= 0.6 is 0 Å². The summed E-state index contributed by atoms with van der Waals surface area (Å²) in [5, 5.41) is 8.89. The Morgan fingerprint density at radius 2 is 1.94 bits per heavy atom. The molecule has 1 aliphatic heterocycles. The Morgan fingerprint density at radius 1 is 1.22 bits per heavy atom. The van der Waals surface area contributed by atoms with Crippen LogP contribution in [0.5, 0.6) is 0 Å². The van der Waals surface area contributed by atoms with E-state index in [1.54, 1.807) is 0 Å². The summed E-state index contributed by atoms with van der Waals surface area (Å²) in [4.78, 5) is 2.48. The smallest absolute Gasteiger partial charge is 0.0434 e. The predicted molar refractivity (Wildman–Crippen MR) is 77.1 cm³/mol. The van der Waals surface area contributed by atoms with E-state index in [1.807, 2.05) is 0 Å². The van der Waals surface area contributed by atoms with Crippen LogP contribution in [0.3, 0.4) is 0 Å². The first-order valence-electron chi connectivity index (χ1n) is 7.18. The number of hydrogen-bond donors (Lipinski definition) is 1. The van der Waals surface area contributed by atoms with Crippen molar-refractivity contribution in [3.63, 3.8) is 0 Å². The van der Waals surface area contributed by atoms with E-state index in [1.165, 1.54) is 37.2 Å². The summed E-state index contributed by atoms with van der Waals surface area (Å²) in [6.45, 7) is 7.28. The summed E-state index contributed by atoms with van der Waals surface area (Å²) in [5.74, 6) is 0. The lowest BCUT2D eigenvalue weighted by atomic mass is 9.75. The van der Waals surface area contributed by atoms with Crippen molar-refractivity contribution in [3.8, 4) is 0 Å². The van der Waals surface area contributed by atoms with Gasteiger partial charge in [-0.15, -0.1) is 0 Å². The summed E-state index contributed by atoms with van der Waals surface area (Å²) in [5.41, 5.74) is 3.25. The van der Waals surface area contributed by atoms with Gasteiger partial charge in [-0.25, -0.2) is 0 Å². The number of aliphatic hydroxyl groups excluding tert-OH is 1. The third-order valence-electron chi connectivity index (χ3n) is 4.45. The molecule has 2 heteroatoms. The Balaban J connectivity index is 1.98. The second-order valence-corrected chi connectivity index (χ2v) is 5.56. The highest BCUT2D eigenvalue weighted by Crippen LogP contribution is 2.39. The molecule has 1 saturated heterocycles. The van der Waals surface area contributed by atoms with Crippen molar-refractivity contribution in [2.45, 2.75) is 39.5 Å². The molecular formula is C16H25NO. The molecule has 1 aliphatic rings. The topological polar surface area (TPSA) is 23.5 Å². The van der Waals surface area contributed by atoms with Crippen molar-refractivity contribution in [3.05, 3.63) is 29.8 Å². The molecule has 2 nitrogen and oxygen atoms in total. The Morgan fingerprint density at radius 3 is 2.56 bits per heavy atom. The van der Waals surface area contributed by atoms with Gasteiger partial charge >= 0.3 is 0 Å². The summed E-state index contributed by atoms with van der Waals surface area (Å²) in [6.07, 6.45) is 4.40. The Hall–Kier alpha value is -1.02. The van der Waals surface area contributed by atoms with E-state index in [2.05, 4.69) is 43.0 Å². The lowest BCUT2D eigenvalue weighted by molar-refractivity contribution is 0.194. The number of hydrogen-bond acceptors (Lipinski definition) is 2. The van der Waals surface area contributed by atoms with Gasteiger partial charge in [-0.1, -0.05) is 26.0 Å². The van der Waals surface area contributed by atoms with Crippen LogP contribution in [0.4, 0.5) is 5.69 Å². The molecule has 0 radical (unpaired) electrons. The van der Waals surface area contributed by atoms with Crippen molar-refractivity contribution in [1.82, 2.24) is 0 Å². The van der Waals surface area contributed by atoms with Crippen molar-refractivity contribution in [2.24, 2.45) is 5.41 Å². The summed E-state index contributed by atoms with van der Waals surface area (Å²) >= 11 is 0. The summed E-state index contributed by atoms with van der Waals surface area (Å²) < 4.78 is 0.